The molecule has 0 saturated carbocycles. The van der Waals surface area contributed by atoms with Gasteiger partial charge in [0.2, 0.25) is 0 Å². The summed E-state index contributed by atoms with van der Waals surface area (Å²) in [5.41, 5.74) is 6.74. The van der Waals surface area contributed by atoms with Crippen LogP contribution in [0, 0.1) is 5.92 Å². The Morgan fingerprint density at radius 1 is 0.913 bits per heavy atom. The van der Waals surface area contributed by atoms with Crippen LogP contribution in [0.25, 0.3) is 11.1 Å². The van der Waals surface area contributed by atoms with Gasteiger partial charge in [0.25, 0.3) is 5.91 Å². The van der Waals surface area contributed by atoms with Crippen LogP contribution in [0.5, 0.6) is 0 Å². The Balaban J connectivity index is 1.21. The van der Waals surface area contributed by atoms with Crippen LogP contribution < -0.4 is 5.32 Å². The second-order valence-corrected chi connectivity index (χ2v) is 12.4. The van der Waals surface area contributed by atoms with Crippen LogP contribution in [-0.4, -0.2) is 54.9 Å². The Bertz CT molecular complexity index is 1560. The Kier molecular flexibility index (Phi) is 10.6. The fourth-order valence-corrected chi connectivity index (χ4v) is 6.72. The molecular formula is C39H44N2O5. The molecule has 2 saturated heterocycles. The van der Waals surface area contributed by atoms with Gasteiger partial charge in [-0.05, 0) is 59.3 Å². The minimum Gasteiger partial charge on any atom is -0.392 e. The van der Waals surface area contributed by atoms with Crippen LogP contribution in [0.3, 0.4) is 0 Å². The molecule has 1 amide bonds. The first-order valence-electron chi connectivity index (χ1n) is 16.3. The predicted octanol–water partition coefficient (Wildman–Crippen LogP) is 6.68. The fourth-order valence-electron chi connectivity index (χ4n) is 6.72. The van der Waals surface area contributed by atoms with E-state index in [0.29, 0.717) is 18.2 Å². The van der Waals surface area contributed by atoms with Crippen LogP contribution >= 0.6 is 0 Å². The Morgan fingerprint density at radius 2 is 1.63 bits per heavy atom. The third-order valence-electron chi connectivity index (χ3n) is 9.38. The van der Waals surface area contributed by atoms with Gasteiger partial charge in [0.05, 0.1) is 25.4 Å². The van der Waals surface area contributed by atoms with E-state index in [9.17, 15) is 9.90 Å². The Morgan fingerprint density at radius 3 is 2.37 bits per heavy atom. The number of rotatable bonds is 11. The van der Waals surface area contributed by atoms with E-state index in [1.165, 1.54) is 6.42 Å². The summed E-state index contributed by atoms with van der Waals surface area (Å²) in [6, 6.07) is 34.3. The van der Waals surface area contributed by atoms with Crippen molar-refractivity contribution in [3.8, 4) is 11.1 Å². The summed E-state index contributed by atoms with van der Waals surface area (Å²) in [5.74, 6) is 0.0291. The molecular weight excluding hydrogens is 576 g/mol. The second kappa shape index (κ2) is 15.2. The van der Waals surface area contributed by atoms with Crippen molar-refractivity contribution < 1.29 is 24.1 Å². The van der Waals surface area contributed by atoms with Crippen LogP contribution in [-0.2, 0) is 27.4 Å². The third kappa shape index (κ3) is 7.41. The highest BCUT2D eigenvalue weighted by Crippen LogP contribution is 2.42. The summed E-state index contributed by atoms with van der Waals surface area (Å²) in [5, 5.41) is 12.7. The number of nitrogens with zero attached hydrogens (tertiary/aromatic N) is 1. The molecule has 2 aliphatic rings. The SMILES string of the molecule is COC[C@@H]1CCCN1C[C@@H]1O[C@H](c2ccc(-c3ccccc3CNC(=O)c3ccccc3)cc2)O[C@H](c2ccc(CO)cc2)[C@@H]1C. The monoisotopic (exact) mass is 620 g/mol. The summed E-state index contributed by atoms with van der Waals surface area (Å²) in [4.78, 5) is 15.2. The molecule has 2 fully saturated rings. The van der Waals surface area contributed by atoms with Gasteiger partial charge in [0, 0.05) is 43.3 Å². The maximum atomic E-state index is 12.7. The van der Waals surface area contributed by atoms with Gasteiger partial charge >= 0.3 is 0 Å². The van der Waals surface area contributed by atoms with Crippen LogP contribution in [0.1, 0.15) is 64.8 Å². The summed E-state index contributed by atoms with van der Waals surface area (Å²) in [6.45, 7) is 5.25. The minimum atomic E-state index is -0.526. The van der Waals surface area contributed by atoms with Gasteiger partial charge in [0.15, 0.2) is 6.29 Å². The number of hydrogen-bond donors (Lipinski definition) is 2. The van der Waals surface area contributed by atoms with Gasteiger partial charge in [-0.1, -0.05) is 97.9 Å². The molecule has 6 rings (SSSR count). The number of carbonyl (C=O) groups excluding carboxylic acids is 1. The molecule has 0 aromatic heterocycles. The van der Waals surface area contributed by atoms with Gasteiger partial charge in [-0.25, -0.2) is 0 Å². The van der Waals surface area contributed by atoms with Crippen molar-refractivity contribution in [1.29, 1.82) is 0 Å². The maximum absolute atomic E-state index is 12.7. The second-order valence-electron chi connectivity index (χ2n) is 12.4. The summed E-state index contributed by atoms with van der Waals surface area (Å²) in [6.07, 6.45) is 1.59. The molecule has 2 N–H and O–H groups in total. The molecule has 4 aromatic carbocycles. The van der Waals surface area contributed by atoms with Gasteiger partial charge in [-0.3, -0.25) is 9.69 Å². The highest BCUT2D eigenvalue weighted by atomic mass is 16.7. The molecule has 7 heteroatoms. The van der Waals surface area contributed by atoms with Crippen molar-refractivity contribution in [2.75, 3.05) is 26.8 Å². The lowest BCUT2D eigenvalue weighted by atomic mass is 9.89. The molecule has 5 atom stereocenters. The highest BCUT2D eigenvalue weighted by molar-refractivity contribution is 5.94. The number of methoxy groups -OCH3 is 1. The zero-order chi connectivity index (χ0) is 31.9. The lowest BCUT2D eigenvalue weighted by Crippen LogP contribution is -2.46. The molecule has 46 heavy (non-hydrogen) atoms. The van der Waals surface area contributed by atoms with Crippen LogP contribution in [0.4, 0.5) is 0 Å². The van der Waals surface area contributed by atoms with Gasteiger partial charge in [-0.15, -0.1) is 0 Å². The van der Waals surface area contributed by atoms with Gasteiger partial charge < -0.3 is 24.6 Å². The fraction of sp³-hybridized carbons (Fsp3) is 0.359. The number of nitrogens with one attached hydrogen (secondary N) is 1. The van der Waals surface area contributed by atoms with Crippen molar-refractivity contribution in [2.24, 2.45) is 5.92 Å². The molecule has 0 spiro atoms. The number of aliphatic hydroxyl groups excluding tert-OH is 1. The first kappa shape index (κ1) is 32.1. The van der Waals surface area contributed by atoms with E-state index in [2.05, 4.69) is 65.7 Å². The number of benzene rings is 4. The molecule has 0 radical (unpaired) electrons. The minimum absolute atomic E-state index is 0.0143. The quantitative estimate of drug-likeness (QED) is 0.195. The molecule has 7 nitrogen and oxygen atoms in total. The summed E-state index contributed by atoms with van der Waals surface area (Å²) >= 11 is 0. The number of hydrogen-bond acceptors (Lipinski definition) is 6. The van der Waals surface area contributed by atoms with Crippen LogP contribution in [0.2, 0.25) is 0 Å². The number of amides is 1. The molecule has 0 unspecified atom stereocenters. The summed E-state index contributed by atoms with van der Waals surface area (Å²) in [7, 11) is 1.77. The Labute approximate surface area is 272 Å². The van der Waals surface area contributed by atoms with E-state index in [1.807, 2.05) is 54.6 Å². The normalized spacial score (nSPS) is 23.3. The van der Waals surface area contributed by atoms with Crippen molar-refractivity contribution in [3.05, 3.63) is 131 Å². The number of carbonyl (C=O) groups is 1. The van der Waals surface area contributed by atoms with E-state index in [4.69, 9.17) is 14.2 Å². The zero-order valence-electron chi connectivity index (χ0n) is 26.7. The van der Waals surface area contributed by atoms with E-state index >= 15 is 0 Å². The van der Waals surface area contributed by atoms with Crippen LogP contribution in [0.15, 0.2) is 103 Å². The summed E-state index contributed by atoms with van der Waals surface area (Å²) < 4.78 is 19.0. The predicted molar refractivity (Wildman–Crippen MR) is 179 cm³/mol. The van der Waals surface area contributed by atoms with Crippen molar-refractivity contribution >= 4 is 5.91 Å². The first-order valence-corrected chi connectivity index (χ1v) is 16.3. The molecule has 0 aliphatic carbocycles. The lowest BCUT2D eigenvalue weighted by molar-refractivity contribution is -0.276. The smallest absolute Gasteiger partial charge is 0.251 e. The number of ether oxygens (including phenoxy) is 3. The molecule has 2 aliphatic heterocycles. The molecule has 240 valence electrons. The zero-order valence-corrected chi connectivity index (χ0v) is 26.7. The number of aliphatic hydroxyl groups is 1. The lowest BCUT2D eigenvalue weighted by Gasteiger charge is -2.43. The van der Waals surface area contributed by atoms with E-state index in [0.717, 1.165) is 59.5 Å². The highest BCUT2D eigenvalue weighted by Gasteiger charge is 2.40. The standard InChI is InChI=1S/C39H44N2O5/c1-27-36(24-41-22-8-12-34(41)26-44-2)45-39(46-37(27)30-16-14-28(25-42)15-17-30)32-20-18-29(19-21-32)35-13-7-6-11-33(35)23-40-38(43)31-9-4-3-5-10-31/h3-7,9-11,13-21,27,34,36-37,39,42H,8,12,22-26H2,1-2H3,(H,40,43)/t27-,34+,36+,37+,39+/m1/s1. The largest absolute Gasteiger partial charge is 0.392 e. The molecule has 2 heterocycles. The molecule has 4 aromatic rings. The van der Waals surface area contributed by atoms with Gasteiger partial charge in [0.1, 0.15) is 0 Å². The average Bonchev–Trinajstić information content (AvgIpc) is 3.55. The van der Waals surface area contributed by atoms with Gasteiger partial charge in [-0.2, -0.15) is 0 Å². The first-order chi connectivity index (χ1) is 22.5. The maximum Gasteiger partial charge on any atom is 0.251 e. The average molecular weight is 621 g/mol. The third-order valence-corrected chi connectivity index (χ3v) is 9.38. The van der Waals surface area contributed by atoms with Crippen molar-refractivity contribution in [2.45, 2.75) is 57.5 Å². The Hall–Kier alpha value is -3.85. The van der Waals surface area contributed by atoms with E-state index < -0.39 is 6.29 Å². The number of likely N-dealkylation sites (tertiary alicyclic amines) is 1. The van der Waals surface area contributed by atoms with Crippen molar-refractivity contribution in [1.82, 2.24) is 10.2 Å². The van der Waals surface area contributed by atoms with E-state index in [-0.39, 0.29) is 30.6 Å². The molecule has 0 bridgehead atoms. The van der Waals surface area contributed by atoms with Crippen molar-refractivity contribution in [3.63, 3.8) is 0 Å². The van der Waals surface area contributed by atoms with E-state index in [1.54, 1.807) is 7.11 Å². The topological polar surface area (TPSA) is 80.3 Å².